The Morgan fingerprint density at radius 3 is 2.58 bits per heavy atom. The number of rotatable bonds is 10. The van der Waals surface area contributed by atoms with Gasteiger partial charge in [0.25, 0.3) is 0 Å². The molecule has 1 fully saturated rings. The minimum atomic E-state index is 0.283. The van der Waals surface area contributed by atoms with E-state index in [-0.39, 0.29) is 5.41 Å². The molecule has 0 saturated carbocycles. The van der Waals surface area contributed by atoms with Crippen LogP contribution in [-0.4, -0.2) is 64.6 Å². The molecule has 0 aromatic heterocycles. The van der Waals surface area contributed by atoms with Gasteiger partial charge in [0.05, 0.1) is 13.2 Å². The van der Waals surface area contributed by atoms with Crippen molar-refractivity contribution in [1.29, 1.82) is 0 Å². The fraction of sp³-hybridized carbons (Fsp3) is 1.00. The summed E-state index contributed by atoms with van der Waals surface area (Å²) in [7, 11) is 3.82. The first-order valence-electron chi connectivity index (χ1n) is 7.66. The Hall–Kier alpha value is -0.160. The average Bonchev–Trinajstić information content (AvgIpc) is 2.86. The highest BCUT2D eigenvalue weighted by Gasteiger charge is 2.37. The van der Waals surface area contributed by atoms with Crippen LogP contribution in [0.3, 0.4) is 0 Å². The monoisotopic (exact) mass is 272 g/mol. The molecule has 1 aliphatic heterocycles. The van der Waals surface area contributed by atoms with Crippen LogP contribution in [0.5, 0.6) is 0 Å². The molecule has 114 valence electrons. The standard InChI is InChI=1S/C15H32N2O2/c1-5-14(6-2)17(8-10-18-4)12-15(11-16-3)7-9-19-13-15/h14,16H,5-13H2,1-4H3. The molecule has 1 heterocycles. The summed E-state index contributed by atoms with van der Waals surface area (Å²) < 4.78 is 10.9. The molecule has 1 rings (SSSR count). The Morgan fingerprint density at radius 2 is 2.11 bits per heavy atom. The molecule has 1 aliphatic rings. The van der Waals surface area contributed by atoms with Crippen LogP contribution in [0.15, 0.2) is 0 Å². The van der Waals surface area contributed by atoms with E-state index in [9.17, 15) is 0 Å². The lowest BCUT2D eigenvalue weighted by Gasteiger charge is -2.38. The van der Waals surface area contributed by atoms with Crippen molar-refractivity contribution in [2.75, 3.05) is 53.6 Å². The number of nitrogens with one attached hydrogen (secondary N) is 1. The molecule has 19 heavy (non-hydrogen) atoms. The normalized spacial score (nSPS) is 23.7. The summed E-state index contributed by atoms with van der Waals surface area (Å²) >= 11 is 0. The SMILES string of the molecule is CCC(CC)N(CCOC)CC1(CNC)CCOC1. The van der Waals surface area contributed by atoms with Gasteiger partial charge in [-0.1, -0.05) is 13.8 Å². The van der Waals surface area contributed by atoms with Crippen molar-refractivity contribution < 1.29 is 9.47 Å². The molecule has 0 amide bonds. The lowest BCUT2D eigenvalue weighted by molar-refractivity contribution is 0.0603. The Labute approximate surface area is 118 Å². The van der Waals surface area contributed by atoms with Gasteiger partial charge in [0.15, 0.2) is 0 Å². The fourth-order valence-electron chi connectivity index (χ4n) is 3.18. The van der Waals surface area contributed by atoms with Crippen LogP contribution in [-0.2, 0) is 9.47 Å². The maximum atomic E-state index is 5.67. The molecule has 1 unspecified atom stereocenters. The second kappa shape index (κ2) is 8.90. The molecule has 0 aliphatic carbocycles. The molecule has 0 radical (unpaired) electrons. The highest BCUT2D eigenvalue weighted by Crippen LogP contribution is 2.30. The zero-order valence-electron chi connectivity index (χ0n) is 13.2. The van der Waals surface area contributed by atoms with E-state index in [0.717, 1.165) is 45.9 Å². The molecular formula is C15H32N2O2. The Morgan fingerprint density at radius 1 is 1.37 bits per heavy atom. The van der Waals surface area contributed by atoms with Gasteiger partial charge >= 0.3 is 0 Å². The number of nitrogens with zero attached hydrogens (tertiary/aromatic N) is 1. The third-order valence-corrected chi connectivity index (χ3v) is 4.32. The summed E-state index contributed by atoms with van der Waals surface area (Å²) in [5, 5.41) is 3.35. The molecule has 0 spiro atoms. The third-order valence-electron chi connectivity index (χ3n) is 4.32. The van der Waals surface area contributed by atoms with E-state index >= 15 is 0 Å². The first kappa shape index (κ1) is 16.9. The molecule has 0 bridgehead atoms. The van der Waals surface area contributed by atoms with Crippen molar-refractivity contribution in [2.24, 2.45) is 5.41 Å². The summed E-state index contributed by atoms with van der Waals surface area (Å²) in [5.41, 5.74) is 0.283. The van der Waals surface area contributed by atoms with E-state index in [1.54, 1.807) is 7.11 Å². The van der Waals surface area contributed by atoms with E-state index in [1.165, 1.54) is 12.8 Å². The maximum absolute atomic E-state index is 5.67. The van der Waals surface area contributed by atoms with Crippen molar-refractivity contribution in [2.45, 2.75) is 39.2 Å². The summed E-state index contributed by atoms with van der Waals surface area (Å²) in [5.74, 6) is 0. The van der Waals surface area contributed by atoms with Crippen LogP contribution in [0, 0.1) is 5.41 Å². The summed E-state index contributed by atoms with van der Waals surface area (Å²) in [6.45, 7) is 10.3. The van der Waals surface area contributed by atoms with E-state index in [0.29, 0.717) is 6.04 Å². The van der Waals surface area contributed by atoms with Gasteiger partial charge in [-0.25, -0.2) is 0 Å². The molecule has 1 N–H and O–H groups in total. The quantitative estimate of drug-likeness (QED) is 0.657. The van der Waals surface area contributed by atoms with E-state index in [2.05, 4.69) is 24.1 Å². The van der Waals surface area contributed by atoms with Crippen molar-refractivity contribution in [1.82, 2.24) is 10.2 Å². The van der Waals surface area contributed by atoms with Crippen LogP contribution in [0.2, 0.25) is 0 Å². The largest absolute Gasteiger partial charge is 0.383 e. The van der Waals surface area contributed by atoms with Gasteiger partial charge in [-0.2, -0.15) is 0 Å². The topological polar surface area (TPSA) is 33.7 Å². The summed E-state index contributed by atoms with van der Waals surface area (Å²) in [6, 6.07) is 0.657. The highest BCUT2D eigenvalue weighted by molar-refractivity contribution is 4.89. The van der Waals surface area contributed by atoms with Gasteiger partial charge in [-0.05, 0) is 26.3 Å². The third kappa shape index (κ3) is 5.03. The molecule has 4 heteroatoms. The molecule has 0 aromatic carbocycles. The fourth-order valence-corrected chi connectivity index (χ4v) is 3.18. The second-order valence-electron chi connectivity index (χ2n) is 5.77. The first-order valence-corrected chi connectivity index (χ1v) is 7.66. The van der Waals surface area contributed by atoms with Crippen LogP contribution in [0.1, 0.15) is 33.1 Å². The van der Waals surface area contributed by atoms with E-state index in [4.69, 9.17) is 9.47 Å². The second-order valence-corrected chi connectivity index (χ2v) is 5.77. The Bertz CT molecular complexity index is 226. The lowest BCUT2D eigenvalue weighted by Crippen LogP contribution is -2.48. The summed E-state index contributed by atoms with van der Waals surface area (Å²) in [6.07, 6.45) is 3.57. The van der Waals surface area contributed by atoms with Gasteiger partial charge in [0, 0.05) is 44.8 Å². The summed E-state index contributed by atoms with van der Waals surface area (Å²) in [4.78, 5) is 2.61. The van der Waals surface area contributed by atoms with Crippen molar-refractivity contribution in [3.8, 4) is 0 Å². The van der Waals surface area contributed by atoms with E-state index < -0.39 is 0 Å². The van der Waals surface area contributed by atoms with Crippen LogP contribution in [0.25, 0.3) is 0 Å². The molecule has 1 atom stereocenters. The minimum Gasteiger partial charge on any atom is -0.383 e. The van der Waals surface area contributed by atoms with Crippen LogP contribution in [0.4, 0.5) is 0 Å². The lowest BCUT2D eigenvalue weighted by atomic mass is 9.85. The average molecular weight is 272 g/mol. The Kier molecular flexibility index (Phi) is 7.91. The van der Waals surface area contributed by atoms with Gasteiger partial charge in [0.2, 0.25) is 0 Å². The van der Waals surface area contributed by atoms with Gasteiger partial charge in [0.1, 0.15) is 0 Å². The molecule has 4 nitrogen and oxygen atoms in total. The molecule has 1 saturated heterocycles. The molecule has 0 aromatic rings. The van der Waals surface area contributed by atoms with Crippen molar-refractivity contribution >= 4 is 0 Å². The number of hydrogen-bond donors (Lipinski definition) is 1. The number of methoxy groups -OCH3 is 1. The number of hydrogen-bond acceptors (Lipinski definition) is 4. The number of ether oxygens (including phenoxy) is 2. The van der Waals surface area contributed by atoms with Gasteiger partial charge < -0.3 is 14.8 Å². The van der Waals surface area contributed by atoms with Gasteiger partial charge in [-0.15, -0.1) is 0 Å². The minimum absolute atomic E-state index is 0.283. The van der Waals surface area contributed by atoms with Crippen LogP contribution < -0.4 is 5.32 Å². The van der Waals surface area contributed by atoms with Crippen LogP contribution >= 0.6 is 0 Å². The highest BCUT2D eigenvalue weighted by atomic mass is 16.5. The van der Waals surface area contributed by atoms with Gasteiger partial charge in [-0.3, -0.25) is 4.90 Å². The molecular weight excluding hydrogens is 240 g/mol. The predicted octanol–water partition coefficient (Wildman–Crippen LogP) is 1.75. The zero-order chi connectivity index (χ0) is 14.1. The maximum Gasteiger partial charge on any atom is 0.0589 e. The van der Waals surface area contributed by atoms with Crippen molar-refractivity contribution in [3.63, 3.8) is 0 Å². The zero-order valence-corrected chi connectivity index (χ0v) is 13.2. The van der Waals surface area contributed by atoms with Crippen molar-refractivity contribution in [3.05, 3.63) is 0 Å². The predicted molar refractivity (Wildman–Crippen MR) is 79.6 cm³/mol. The first-order chi connectivity index (χ1) is 9.21. The van der Waals surface area contributed by atoms with E-state index in [1.807, 2.05) is 7.05 Å². The Balaban J connectivity index is 2.67. The smallest absolute Gasteiger partial charge is 0.0589 e.